The number of hydrogen-bond donors (Lipinski definition) is 0. The number of carbonyl (C=O) groups is 1. The second-order valence-electron chi connectivity index (χ2n) is 6.67. The van der Waals surface area contributed by atoms with Gasteiger partial charge in [-0.1, -0.05) is 24.2 Å². The summed E-state index contributed by atoms with van der Waals surface area (Å²) in [6.07, 6.45) is 4.75. The van der Waals surface area contributed by atoms with Crippen LogP contribution >= 0.6 is 0 Å². The maximum Gasteiger partial charge on any atom is 0.226 e. The first kappa shape index (κ1) is 16.6. The first-order valence-electron chi connectivity index (χ1n) is 8.93. The number of fused-ring (bicyclic) bond motifs is 1. The lowest BCUT2D eigenvalue weighted by atomic mass is 9.92. The van der Waals surface area contributed by atoms with Crippen LogP contribution in [0.4, 0.5) is 0 Å². The van der Waals surface area contributed by atoms with Crippen molar-refractivity contribution in [2.24, 2.45) is 0 Å². The van der Waals surface area contributed by atoms with Gasteiger partial charge in [-0.2, -0.15) is 15.2 Å². The van der Waals surface area contributed by atoms with Crippen molar-refractivity contribution in [1.82, 2.24) is 20.3 Å². The molecule has 0 spiro atoms. The van der Waals surface area contributed by atoms with Crippen LogP contribution in [-0.2, 0) is 12.8 Å². The molecule has 4 rings (SSSR count). The highest BCUT2D eigenvalue weighted by atomic mass is 16.5. The van der Waals surface area contributed by atoms with E-state index in [9.17, 15) is 4.79 Å². The third kappa shape index (κ3) is 3.03. The molecule has 0 fully saturated rings. The molecule has 1 aliphatic carbocycles. The molecule has 132 valence electrons. The molecule has 6 heteroatoms. The standard InChI is InChI=1S/C20H20N4O2/c1-3-19-22-20(24-26-19)15-6-7-17-13(10-15)4-5-14(17)11-18(25)16-8-9-21-23-12(16)2/h6-10,14H,3-5,11H2,1-2H3/t14-/m0/s1. The van der Waals surface area contributed by atoms with Crippen molar-refractivity contribution in [3.63, 3.8) is 0 Å². The van der Waals surface area contributed by atoms with Crippen LogP contribution in [0.1, 0.15) is 58.8 Å². The topological polar surface area (TPSA) is 81.8 Å². The van der Waals surface area contributed by atoms with Crippen LogP contribution in [0, 0.1) is 6.92 Å². The SMILES string of the molecule is CCc1nc(-c2ccc3c(c2)CC[C@H]3CC(=O)c2ccnnc2C)no1. The van der Waals surface area contributed by atoms with E-state index in [4.69, 9.17) is 4.52 Å². The number of aryl methyl sites for hydroxylation is 3. The van der Waals surface area contributed by atoms with E-state index in [1.807, 2.05) is 19.9 Å². The molecule has 0 N–H and O–H groups in total. The summed E-state index contributed by atoms with van der Waals surface area (Å²) in [6.45, 7) is 3.81. The first-order valence-corrected chi connectivity index (χ1v) is 8.93. The summed E-state index contributed by atoms with van der Waals surface area (Å²) in [7, 11) is 0. The molecule has 0 unspecified atom stereocenters. The molecule has 3 aromatic rings. The largest absolute Gasteiger partial charge is 0.339 e. The third-order valence-electron chi connectivity index (χ3n) is 5.01. The Balaban J connectivity index is 1.55. The number of Topliss-reactive ketones (excluding diaryl/α,β-unsaturated/α-hetero) is 1. The van der Waals surface area contributed by atoms with Gasteiger partial charge >= 0.3 is 0 Å². The van der Waals surface area contributed by atoms with Gasteiger partial charge in [0.1, 0.15) is 0 Å². The van der Waals surface area contributed by atoms with E-state index in [0.29, 0.717) is 29.4 Å². The Labute approximate surface area is 151 Å². The van der Waals surface area contributed by atoms with Gasteiger partial charge in [-0.05, 0) is 48.9 Å². The van der Waals surface area contributed by atoms with Gasteiger partial charge in [0.2, 0.25) is 11.7 Å². The fourth-order valence-corrected chi connectivity index (χ4v) is 3.60. The Hall–Kier alpha value is -2.89. The maximum absolute atomic E-state index is 12.7. The van der Waals surface area contributed by atoms with Crippen LogP contribution < -0.4 is 0 Å². The Morgan fingerprint density at radius 3 is 2.96 bits per heavy atom. The third-order valence-corrected chi connectivity index (χ3v) is 5.01. The van der Waals surface area contributed by atoms with E-state index in [1.165, 1.54) is 11.1 Å². The molecule has 2 heterocycles. The van der Waals surface area contributed by atoms with Crippen molar-refractivity contribution < 1.29 is 9.32 Å². The molecule has 0 saturated carbocycles. The van der Waals surface area contributed by atoms with Crippen molar-refractivity contribution in [1.29, 1.82) is 0 Å². The second kappa shape index (κ2) is 6.78. The minimum Gasteiger partial charge on any atom is -0.339 e. The summed E-state index contributed by atoms with van der Waals surface area (Å²) < 4.78 is 5.20. The molecule has 1 atom stereocenters. The lowest BCUT2D eigenvalue weighted by Gasteiger charge is -2.11. The minimum atomic E-state index is 0.130. The van der Waals surface area contributed by atoms with Crippen LogP contribution in [0.25, 0.3) is 11.4 Å². The molecule has 0 aliphatic heterocycles. The number of benzene rings is 1. The zero-order chi connectivity index (χ0) is 18.1. The molecule has 0 radical (unpaired) electrons. The Kier molecular flexibility index (Phi) is 4.32. The van der Waals surface area contributed by atoms with Gasteiger partial charge in [-0.15, -0.1) is 0 Å². The van der Waals surface area contributed by atoms with Crippen LogP contribution in [0.5, 0.6) is 0 Å². The van der Waals surface area contributed by atoms with Crippen molar-refractivity contribution in [2.45, 2.75) is 45.4 Å². The van der Waals surface area contributed by atoms with E-state index in [-0.39, 0.29) is 11.7 Å². The highest BCUT2D eigenvalue weighted by Gasteiger charge is 2.26. The van der Waals surface area contributed by atoms with Gasteiger partial charge in [-0.3, -0.25) is 4.79 Å². The first-order chi connectivity index (χ1) is 12.7. The van der Waals surface area contributed by atoms with Crippen molar-refractivity contribution in [3.05, 3.63) is 58.7 Å². The lowest BCUT2D eigenvalue weighted by Crippen LogP contribution is -2.08. The fraction of sp³-hybridized carbons (Fsp3) is 0.350. The average molecular weight is 348 g/mol. The molecule has 2 aromatic heterocycles. The number of aromatic nitrogens is 4. The molecule has 0 amide bonds. The van der Waals surface area contributed by atoms with Crippen molar-refractivity contribution in [2.75, 3.05) is 0 Å². The molecular formula is C20H20N4O2. The quantitative estimate of drug-likeness (QED) is 0.654. The lowest BCUT2D eigenvalue weighted by molar-refractivity contribution is 0.0972. The van der Waals surface area contributed by atoms with Crippen LogP contribution in [0.15, 0.2) is 35.0 Å². The van der Waals surface area contributed by atoms with Gasteiger partial charge in [0.15, 0.2) is 5.78 Å². The smallest absolute Gasteiger partial charge is 0.226 e. The van der Waals surface area contributed by atoms with E-state index in [2.05, 4.69) is 32.5 Å². The number of hydrogen-bond acceptors (Lipinski definition) is 6. The molecule has 6 nitrogen and oxygen atoms in total. The maximum atomic E-state index is 12.7. The summed E-state index contributed by atoms with van der Waals surface area (Å²) in [4.78, 5) is 17.1. The van der Waals surface area contributed by atoms with Crippen LogP contribution in [-0.4, -0.2) is 26.1 Å². The highest BCUT2D eigenvalue weighted by molar-refractivity contribution is 5.97. The van der Waals surface area contributed by atoms with Gasteiger partial charge in [0.25, 0.3) is 0 Å². The van der Waals surface area contributed by atoms with E-state index >= 15 is 0 Å². The summed E-state index contributed by atoms with van der Waals surface area (Å²) in [5, 5.41) is 11.8. The summed E-state index contributed by atoms with van der Waals surface area (Å²) in [5.74, 6) is 1.65. The number of carbonyl (C=O) groups excluding carboxylic acids is 1. The zero-order valence-corrected chi connectivity index (χ0v) is 14.9. The monoisotopic (exact) mass is 348 g/mol. The molecule has 26 heavy (non-hydrogen) atoms. The summed E-state index contributed by atoms with van der Waals surface area (Å²) in [6, 6.07) is 8.01. The second-order valence-corrected chi connectivity index (χ2v) is 6.67. The Morgan fingerprint density at radius 2 is 2.19 bits per heavy atom. The van der Waals surface area contributed by atoms with Gasteiger partial charge in [-0.25, -0.2) is 0 Å². The number of rotatable bonds is 5. The predicted octanol–water partition coefficient (Wildman–Crippen LogP) is 3.70. The molecular weight excluding hydrogens is 328 g/mol. The fourth-order valence-electron chi connectivity index (χ4n) is 3.60. The summed E-state index contributed by atoms with van der Waals surface area (Å²) >= 11 is 0. The van der Waals surface area contributed by atoms with Crippen LogP contribution in [0.3, 0.4) is 0 Å². The molecule has 1 aliphatic rings. The minimum absolute atomic E-state index is 0.130. The van der Waals surface area contributed by atoms with Crippen molar-refractivity contribution in [3.8, 4) is 11.4 Å². The highest BCUT2D eigenvalue weighted by Crippen LogP contribution is 2.38. The normalized spacial score (nSPS) is 15.8. The van der Waals surface area contributed by atoms with Gasteiger partial charge in [0.05, 0.1) is 11.9 Å². The van der Waals surface area contributed by atoms with Gasteiger partial charge in [0, 0.05) is 24.0 Å². The molecule has 0 saturated heterocycles. The Bertz CT molecular complexity index is 964. The van der Waals surface area contributed by atoms with Crippen LogP contribution in [0.2, 0.25) is 0 Å². The molecule has 1 aromatic carbocycles. The van der Waals surface area contributed by atoms with Gasteiger partial charge < -0.3 is 4.52 Å². The van der Waals surface area contributed by atoms with E-state index < -0.39 is 0 Å². The van der Waals surface area contributed by atoms with E-state index in [0.717, 1.165) is 24.8 Å². The zero-order valence-electron chi connectivity index (χ0n) is 14.9. The average Bonchev–Trinajstić information content (AvgIpc) is 3.29. The molecule has 0 bridgehead atoms. The number of nitrogens with zero attached hydrogens (tertiary/aromatic N) is 4. The van der Waals surface area contributed by atoms with E-state index in [1.54, 1.807) is 12.3 Å². The number of ketones is 1. The predicted molar refractivity (Wildman–Crippen MR) is 95.9 cm³/mol. The Morgan fingerprint density at radius 1 is 1.31 bits per heavy atom. The van der Waals surface area contributed by atoms with Crippen molar-refractivity contribution >= 4 is 5.78 Å². The summed E-state index contributed by atoms with van der Waals surface area (Å²) in [5.41, 5.74) is 4.85.